The molecule has 2 unspecified atom stereocenters. The van der Waals surface area contributed by atoms with E-state index in [0.717, 1.165) is 6.04 Å². The van der Waals surface area contributed by atoms with Crippen LogP contribution in [-0.4, -0.2) is 37.1 Å². The van der Waals surface area contributed by atoms with Gasteiger partial charge in [0.25, 0.3) is 0 Å². The molecule has 0 saturated carbocycles. The van der Waals surface area contributed by atoms with E-state index in [4.69, 9.17) is 0 Å². The Bertz CT molecular complexity index is 170. The zero-order valence-electron chi connectivity index (χ0n) is 7.68. The molecule has 0 radical (unpaired) electrons. The van der Waals surface area contributed by atoms with Crippen LogP contribution in [0.2, 0.25) is 0 Å². The third kappa shape index (κ3) is 0.944. The minimum atomic E-state index is 0.699. The fourth-order valence-corrected chi connectivity index (χ4v) is 3.43. The Hall–Kier alpha value is -0.0800. The molecule has 0 aromatic rings. The van der Waals surface area contributed by atoms with Gasteiger partial charge < -0.3 is 5.32 Å². The summed E-state index contributed by atoms with van der Waals surface area (Å²) >= 11 is 0. The Morgan fingerprint density at radius 3 is 3.17 bits per heavy atom. The lowest BCUT2D eigenvalue weighted by Gasteiger charge is -2.22. The summed E-state index contributed by atoms with van der Waals surface area (Å²) in [6.45, 7) is 5.33. The zero-order chi connectivity index (χ0) is 8.02. The van der Waals surface area contributed by atoms with Crippen molar-refractivity contribution in [3.63, 3.8) is 0 Å². The van der Waals surface area contributed by atoms with E-state index in [-0.39, 0.29) is 0 Å². The molecule has 3 aliphatic heterocycles. The molecule has 0 amide bonds. The molecule has 1 spiro atoms. The predicted molar refractivity (Wildman–Crippen MR) is 49.1 cm³/mol. The first-order valence-corrected chi connectivity index (χ1v) is 5.33. The van der Waals surface area contributed by atoms with Crippen LogP contribution in [0, 0.1) is 5.41 Å². The molecule has 3 fully saturated rings. The molecular formula is C10H18N2. The first-order chi connectivity index (χ1) is 5.88. The standard InChI is InChI=1S/C10H18N2/c1-2-9-6-10(3-4-11-7-10)8-12(9)5-1/h9,11H,1-8H2. The van der Waals surface area contributed by atoms with E-state index >= 15 is 0 Å². The fourth-order valence-electron chi connectivity index (χ4n) is 3.43. The van der Waals surface area contributed by atoms with E-state index in [9.17, 15) is 0 Å². The molecule has 0 aromatic carbocycles. The molecule has 3 heterocycles. The van der Waals surface area contributed by atoms with Gasteiger partial charge in [-0.05, 0) is 44.2 Å². The van der Waals surface area contributed by atoms with E-state index in [2.05, 4.69) is 10.2 Å². The van der Waals surface area contributed by atoms with E-state index in [1.165, 1.54) is 51.9 Å². The monoisotopic (exact) mass is 166 g/mol. The Kier molecular flexibility index (Phi) is 1.50. The topological polar surface area (TPSA) is 15.3 Å². The number of fused-ring (bicyclic) bond motifs is 1. The maximum absolute atomic E-state index is 3.52. The van der Waals surface area contributed by atoms with Crippen molar-refractivity contribution >= 4 is 0 Å². The van der Waals surface area contributed by atoms with E-state index in [1.807, 2.05) is 0 Å². The highest BCUT2D eigenvalue weighted by Crippen LogP contribution is 2.43. The molecule has 2 atom stereocenters. The van der Waals surface area contributed by atoms with Crippen LogP contribution in [0.25, 0.3) is 0 Å². The third-order valence-corrected chi connectivity index (χ3v) is 4.04. The maximum atomic E-state index is 3.52. The summed E-state index contributed by atoms with van der Waals surface area (Å²) in [6, 6.07) is 0.963. The molecular weight excluding hydrogens is 148 g/mol. The van der Waals surface area contributed by atoms with Crippen molar-refractivity contribution in [2.75, 3.05) is 26.2 Å². The number of nitrogens with one attached hydrogen (secondary N) is 1. The minimum absolute atomic E-state index is 0.699. The average Bonchev–Trinajstić information content (AvgIpc) is 2.66. The highest BCUT2D eigenvalue weighted by Gasteiger charge is 2.46. The van der Waals surface area contributed by atoms with Crippen LogP contribution in [0.4, 0.5) is 0 Å². The van der Waals surface area contributed by atoms with Gasteiger partial charge in [-0.25, -0.2) is 0 Å². The number of rotatable bonds is 0. The molecule has 1 N–H and O–H groups in total. The second-order valence-corrected chi connectivity index (χ2v) is 4.90. The fraction of sp³-hybridized carbons (Fsp3) is 1.00. The molecule has 0 bridgehead atoms. The van der Waals surface area contributed by atoms with Crippen LogP contribution >= 0.6 is 0 Å². The molecule has 3 saturated heterocycles. The lowest BCUT2D eigenvalue weighted by Crippen LogP contribution is -2.28. The van der Waals surface area contributed by atoms with Gasteiger partial charge in [0.2, 0.25) is 0 Å². The van der Waals surface area contributed by atoms with Crippen LogP contribution in [0.5, 0.6) is 0 Å². The van der Waals surface area contributed by atoms with Gasteiger partial charge in [0.05, 0.1) is 0 Å². The molecule has 3 rings (SSSR count). The van der Waals surface area contributed by atoms with Crippen LogP contribution < -0.4 is 5.32 Å². The van der Waals surface area contributed by atoms with Gasteiger partial charge in [0.15, 0.2) is 0 Å². The molecule has 3 aliphatic rings. The van der Waals surface area contributed by atoms with Gasteiger partial charge in [-0.1, -0.05) is 0 Å². The van der Waals surface area contributed by atoms with Gasteiger partial charge in [-0.15, -0.1) is 0 Å². The summed E-state index contributed by atoms with van der Waals surface area (Å²) in [6.07, 6.45) is 5.84. The Labute approximate surface area is 74.3 Å². The van der Waals surface area contributed by atoms with E-state index in [1.54, 1.807) is 0 Å². The Morgan fingerprint density at radius 1 is 1.42 bits per heavy atom. The maximum Gasteiger partial charge on any atom is 0.0102 e. The number of nitrogens with zero attached hydrogens (tertiary/aromatic N) is 1. The number of hydrogen-bond donors (Lipinski definition) is 1. The number of hydrogen-bond acceptors (Lipinski definition) is 2. The van der Waals surface area contributed by atoms with E-state index in [0.29, 0.717) is 5.41 Å². The highest BCUT2D eigenvalue weighted by atomic mass is 15.2. The Balaban J connectivity index is 1.77. The molecule has 0 aliphatic carbocycles. The summed E-state index contributed by atoms with van der Waals surface area (Å²) in [5.74, 6) is 0. The second kappa shape index (κ2) is 2.46. The van der Waals surface area contributed by atoms with Gasteiger partial charge in [0.1, 0.15) is 0 Å². The largest absolute Gasteiger partial charge is 0.316 e. The first-order valence-electron chi connectivity index (χ1n) is 5.33. The molecule has 12 heavy (non-hydrogen) atoms. The summed E-state index contributed by atoms with van der Waals surface area (Å²) in [4.78, 5) is 2.73. The van der Waals surface area contributed by atoms with Crippen molar-refractivity contribution < 1.29 is 0 Å². The van der Waals surface area contributed by atoms with Crippen molar-refractivity contribution in [2.45, 2.75) is 31.7 Å². The lowest BCUT2D eigenvalue weighted by molar-refractivity contribution is 0.281. The van der Waals surface area contributed by atoms with Gasteiger partial charge in [-0.2, -0.15) is 0 Å². The highest BCUT2D eigenvalue weighted by molar-refractivity contribution is 5.02. The summed E-state index contributed by atoms with van der Waals surface area (Å²) in [7, 11) is 0. The third-order valence-electron chi connectivity index (χ3n) is 4.04. The SMILES string of the molecule is C1CC2CC3(CCNC3)CN2C1. The minimum Gasteiger partial charge on any atom is -0.316 e. The van der Waals surface area contributed by atoms with Gasteiger partial charge >= 0.3 is 0 Å². The molecule has 0 aromatic heterocycles. The summed E-state index contributed by atoms with van der Waals surface area (Å²) in [5.41, 5.74) is 0.699. The van der Waals surface area contributed by atoms with Crippen LogP contribution in [-0.2, 0) is 0 Å². The van der Waals surface area contributed by atoms with Crippen LogP contribution in [0.15, 0.2) is 0 Å². The molecule has 68 valence electrons. The summed E-state index contributed by atoms with van der Waals surface area (Å²) in [5, 5.41) is 3.52. The van der Waals surface area contributed by atoms with Crippen LogP contribution in [0.3, 0.4) is 0 Å². The summed E-state index contributed by atoms with van der Waals surface area (Å²) < 4.78 is 0. The van der Waals surface area contributed by atoms with Crippen molar-refractivity contribution in [1.82, 2.24) is 10.2 Å². The first kappa shape index (κ1) is 7.34. The van der Waals surface area contributed by atoms with Crippen molar-refractivity contribution in [2.24, 2.45) is 5.41 Å². The van der Waals surface area contributed by atoms with Crippen molar-refractivity contribution in [1.29, 1.82) is 0 Å². The quantitative estimate of drug-likeness (QED) is 0.573. The predicted octanol–water partition coefficient (Wildman–Crippen LogP) is 0.834. The zero-order valence-corrected chi connectivity index (χ0v) is 7.68. The Morgan fingerprint density at radius 2 is 2.42 bits per heavy atom. The van der Waals surface area contributed by atoms with E-state index < -0.39 is 0 Å². The van der Waals surface area contributed by atoms with Crippen LogP contribution in [0.1, 0.15) is 25.7 Å². The van der Waals surface area contributed by atoms with Gasteiger partial charge in [0, 0.05) is 19.1 Å². The molecule has 2 nitrogen and oxygen atoms in total. The lowest BCUT2D eigenvalue weighted by atomic mass is 9.84. The second-order valence-electron chi connectivity index (χ2n) is 4.90. The smallest absolute Gasteiger partial charge is 0.0102 e. The van der Waals surface area contributed by atoms with Gasteiger partial charge in [-0.3, -0.25) is 4.90 Å². The normalized spacial score (nSPS) is 47.5. The van der Waals surface area contributed by atoms with Crippen molar-refractivity contribution in [3.8, 4) is 0 Å². The van der Waals surface area contributed by atoms with Crippen molar-refractivity contribution in [3.05, 3.63) is 0 Å². The average molecular weight is 166 g/mol. The molecule has 2 heteroatoms.